The second kappa shape index (κ2) is 2.80. The summed E-state index contributed by atoms with van der Waals surface area (Å²) in [5.41, 5.74) is 2.32. The zero-order valence-corrected chi connectivity index (χ0v) is 8.03. The van der Waals surface area contributed by atoms with E-state index in [-0.39, 0.29) is 0 Å². The van der Waals surface area contributed by atoms with Gasteiger partial charge in [0.1, 0.15) is 5.75 Å². The largest absolute Gasteiger partial charge is 0.508 e. The molecule has 0 spiro atoms. The van der Waals surface area contributed by atoms with Crippen molar-refractivity contribution in [2.75, 3.05) is 23.3 Å². The fraction of sp³-hybridized carbons (Fsp3) is 0.455. The number of nitrogens with zero attached hydrogens (tertiary/aromatic N) is 1. The molecule has 3 rings (SSSR count). The molecule has 14 heavy (non-hydrogen) atoms. The number of hydrogen-bond donors (Lipinski definition) is 2. The summed E-state index contributed by atoms with van der Waals surface area (Å²) < 4.78 is 0. The number of rotatable bonds is 0. The van der Waals surface area contributed by atoms with Gasteiger partial charge in [0.2, 0.25) is 0 Å². The minimum Gasteiger partial charge on any atom is -0.508 e. The van der Waals surface area contributed by atoms with E-state index in [9.17, 15) is 5.11 Å². The van der Waals surface area contributed by atoms with Crippen LogP contribution in [0.15, 0.2) is 18.2 Å². The van der Waals surface area contributed by atoms with Gasteiger partial charge in [-0.25, -0.2) is 0 Å². The van der Waals surface area contributed by atoms with E-state index in [0.717, 1.165) is 18.8 Å². The number of hydrogen-bond acceptors (Lipinski definition) is 3. The molecule has 0 bridgehead atoms. The maximum absolute atomic E-state index is 9.45. The minimum absolute atomic E-state index is 0.359. The molecular weight excluding hydrogens is 176 g/mol. The SMILES string of the molecule is Oc1ccc2c(c1)N1CCC[C@H]1CN2. The molecule has 0 unspecified atom stereocenters. The van der Waals surface area contributed by atoms with Crippen LogP contribution in [0.4, 0.5) is 11.4 Å². The smallest absolute Gasteiger partial charge is 0.117 e. The summed E-state index contributed by atoms with van der Waals surface area (Å²) in [6.07, 6.45) is 2.53. The molecule has 0 aliphatic carbocycles. The van der Waals surface area contributed by atoms with E-state index < -0.39 is 0 Å². The molecule has 2 aliphatic rings. The molecule has 1 aromatic carbocycles. The van der Waals surface area contributed by atoms with Crippen LogP contribution in [0.5, 0.6) is 5.75 Å². The highest BCUT2D eigenvalue weighted by atomic mass is 16.3. The number of nitrogens with one attached hydrogen (secondary N) is 1. The Hall–Kier alpha value is -1.38. The van der Waals surface area contributed by atoms with Crippen LogP contribution in [0.1, 0.15) is 12.8 Å². The van der Waals surface area contributed by atoms with Crippen molar-refractivity contribution in [3.8, 4) is 5.75 Å². The van der Waals surface area contributed by atoms with E-state index in [4.69, 9.17) is 0 Å². The summed E-state index contributed by atoms with van der Waals surface area (Å²) in [4.78, 5) is 2.41. The van der Waals surface area contributed by atoms with E-state index in [0.29, 0.717) is 11.8 Å². The van der Waals surface area contributed by atoms with Gasteiger partial charge in [0.05, 0.1) is 11.4 Å². The van der Waals surface area contributed by atoms with Crippen LogP contribution in [-0.2, 0) is 0 Å². The van der Waals surface area contributed by atoms with Crippen molar-refractivity contribution in [2.45, 2.75) is 18.9 Å². The maximum atomic E-state index is 9.45. The highest BCUT2D eigenvalue weighted by Crippen LogP contribution is 2.37. The summed E-state index contributed by atoms with van der Waals surface area (Å²) in [7, 11) is 0. The monoisotopic (exact) mass is 190 g/mol. The van der Waals surface area contributed by atoms with E-state index in [1.54, 1.807) is 6.07 Å². The summed E-state index contributed by atoms with van der Waals surface area (Å²) in [6, 6.07) is 6.19. The molecule has 1 saturated heterocycles. The molecule has 1 aromatic rings. The highest BCUT2D eigenvalue weighted by Gasteiger charge is 2.29. The summed E-state index contributed by atoms with van der Waals surface area (Å²) in [5.74, 6) is 0.359. The molecule has 0 saturated carbocycles. The molecule has 1 fully saturated rings. The first-order valence-electron chi connectivity index (χ1n) is 5.18. The average Bonchev–Trinajstić information content (AvgIpc) is 2.65. The Morgan fingerprint density at radius 3 is 3.29 bits per heavy atom. The van der Waals surface area contributed by atoms with Gasteiger partial charge in [-0.2, -0.15) is 0 Å². The zero-order valence-electron chi connectivity index (χ0n) is 8.03. The van der Waals surface area contributed by atoms with Crippen LogP contribution in [0.25, 0.3) is 0 Å². The molecule has 2 aliphatic heterocycles. The third-order valence-electron chi connectivity index (χ3n) is 3.20. The van der Waals surface area contributed by atoms with E-state index in [1.165, 1.54) is 18.5 Å². The predicted molar refractivity (Wildman–Crippen MR) is 57.0 cm³/mol. The van der Waals surface area contributed by atoms with Gasteiger partial charge in [-0.3, -0.25) is 0 Å². The van der Waals surface area contributed by atoms with Crippen molar-refractivity contribution < 1.29 is 5.11 Å². The zero-order chi connectivity index (χ0) is 9.54. The lowest BCUT2D eigenvalue weighted by molar-refractivity contribution is 0.475. The number of aromatic hydroxyl groups is 1. The number of anilines is 2. The number of phenols is 1. The lowest BCUT2D eigenvalue weighted by Crippen LogP contribution is -2.39. The minimum atomic E-state index is 0.359. The lowest BCUT2D eigenvalue weighted by atomic mass is 10.1. The van der Waals surface area contributed by atoms with Crippen LogP contribution in [0, 0.1) is 0 Å². The topological polar surface area (TPSA) is 35.5 Å². The Morgan fingerprint density at radius 1 is 1.43 bits per heavy atom. The second-order valence-corrected chi connectivity index (χ2v) is 4.07. The van der Waals surface area contributed by atoms with Crippen molar-refractivity contribution in [3.05, 3.63) is 18.2 Å². The highest BCUT2D eigenvalue weighted by molar-refractivity contribution is 5.74. The van der Waals surface area contributed by atoms with Gasteiger partial charge in [-0.15, -0.1) is 0 Å². The fourth-order valence-electron chi connectivity index (χ4n) is 2.50. The molecule has 2 N–H and O–H groups in total. The average molecular weight is 190 g/mol. The summed E-state index contributed by atoms with van der Waals surface area (Å²) in [6.45, 7) is 2.17. The van der Waals surface area contributed by atoms with Gasteiger partial charge in [-0.1, -0.05) is 0 Å². The normalized spacial score (nSPS) is 24.0. The lowest BCUT2D eigenvalue weighted by Gasteiger charge is -2.34. The van der Waals surface area contributed by atoms with E-state index in [1.807, 2.05) is 12.1 Å². The summed E-state index contributed by atoms with van der Waals surface area (Å²) >= 11 is 0. The molecule has 1 atom stereocenters. The van der Waals surface area contributed by atoms with Crippen LogP contribution in [0.2, 0.25) is 0 Å². The Balaban J connectivity index is 2.07. The van der Waals surface area contributed by atoms with Crippen molar-refractivity contribution in [1.29, 1.82) is 0 Å². The number of fused-ring (bicyclic) bond motifs is 3. The first-order chi connectivity index (χ1) is 6.84. The Kier molecular flexibility index (Phi) is 1.60. The van der Waals surface area contributed by atoms with Gasteiger partial charge in [0.15, 0.2) is 0 Å². The van der Waals surface area contributed by atoms with E-state index >= 15 is 0 Å². The van der Waals surface area contributed by atoms with Crippen LogP contribution >= 0.6 is 0 Å². The molecule has 74 valence electrons. The molecular formula is C11H14N2O. The number of phenolic OH excluding ortho intramolecular Hbond substituents is 1. The van der Waals surface area contributed by atoms with Gasteiger partial charge >= 0.3 is 0 Å². The van der Waals surface area contributed by atoms with Crippen molar-refractivity contribution in [3.63, 3.8) is 0 Å². The first kappa shape index (κ1) is 7.97. The second-order valence-electron chi connectivity index (χ2n) is 4.07. The molecule has 3 nitrogen and oxygen atoms in total. The maximum Gasteiger partial charge on any atom is 0.117 e. The van der Waals surface area contributed by atoms with Crippen LogP contribution < -0.4 is 10.2 Å². The van der Waals surface area contributed by atoms with Crippen LogP contribution in [-0.4, -0.2) is 24.2 Å². The van der Waals surface area contributed by atoms with Gasteiger partial charge in [-0.05, 0) is 25.0 Å². The third kappa shape index (κ3) is 1.05. The van der Waals surface area contributed by atoms with Crippen molar-refractivity contribution >= 4 is 11.4 Å². The molecule has 0 aromatic heterocycles. The van der Waals surface area contributed by atoms with Crippen molar-refractivity contribution in [1.82, 2.24) is 0 Å². The third-order valence-corrected chi connectivity index (χ3v) is 3.20. The first-order valence-corrected chi connectivity index (χ1v) is 5.18. The van der Waals surface area contributed by atoms with Crippen LogP contribution in [0.3, 0.4) is 0 Å². The molecule has 2 heterocycles. The summed E-state index contributed by atoms with van der Waals surface area (Å²) in [5, 5.41) is 12.9. The number of benzene rings is 1. The molecule has 3 heteroatoms. The predicted octanol–water partition coefficient (Wildman–Crippen LogP) is 1.79. The quantitative estimate of drug-likeness (QED) is 0.612. The Labute approximate surface area is 83.3 Å². The van der Waals surface area contributed by atoms with Crippen molar-refractivity contribution in [2.24, 2.45) is 0 Å². The Morgan fingerprint density at radius 2 is 2.36 bits per heavy atom. The molecule has 0 amide bonds. The van der Waals surface area contributed by atoms with E-state index in [2.05, 4.69) is 10.2 Å². The molecule has 0 radical (unpaired) electrons. The Bertz CT molecular complexity index is 364. The fourth-order valence-corrected chi connectivity index (χ4v) is 2.50. The van der Waals surface area contributed by atoms with Gasteiger partial charge in [0.25, 0.3) is 0 Å². The standard InChI is InChI=1S/C11H14N2O/c14-9-3-4-10-11(6-9)13-5-1-2-8(13)7-12-10/h3-4,6,8,12,14H,1-2,5,7H2/t8-/m0/s1. The van der Waals surface area contributed by atoms with Gasteiger partial charge < -0.3 is 15.3 Å². The van der Waals surface area contributed by atoms with Gasteiger partial charge in [0, 0.05) is 25.2 Å².